The van der Waals surface area contributed by atoms with Gasteiger partial charge in [0.05, 0.1) is 15.5 Å². The molecule has 0 unspecified atom stereocenters. The quantitative estimate of drug-likeness (QED) is 0.817. The molecule has 0 aliphatic heterocycles. The molecule has 8 heteroatoms. The lowest BCUT2D eigenvalue weighted by Crippen LogP contribution is -2.31. The van der Waals surface area contributed by atoms with Gasteiger partial charge >= 0.3 is 5.97 Å². The van der Waals surface area contributed by atoms with E-state index < -0.39 is 16.0 Å². The molecule has 112 valence electrons. The molecule has 0 amide bonds. The topological polar surface area (TPSA) is 74.7 Å². The minimum Gasteiger partial charge on any atom is -0.478 e. The van der Waals surface area contributed by atoms with Crippen molar-refractivity contribution in [3.05, 3.63) is 27.2 Å². The van der Waals surface area contributed by atoms with E-state index in [0.29, 0.717) is 19.5 Å². The number of carbonyl (C=O) groups is 1. The molecule has 1 aromatic carbocycles. The van der Waals surface area contributed by atoms with E-state index in [2.05, 4.69) is 15.9 Å². The van der Waals surface area contributed by atoms with Gasteiger partial charge in [0.1, 0.15) is 0 Å². The number of hydrogen-bond acceptors (Lipinski definition) is 3. The van der Waals surface area contributed by atoms with Crippen molar-refractivity contribution in [2.75, 3.05) is 13.1 Å². The minimum atomic E-state index is -3.73. The smallest absolute Gasteiger partial charge is 0.337 e. The molecule has 0 saturated heterocycles. The molecule has 0 fully saturated rings. The molecule has 20 heavy (non-hydrogen) atoms. The van der Waals surface area contributed by atoms with Crippen LogP contribution < -0.4 is 0 Å². The van der Waals surface area contributed by atoms with Gasteiger partial charge in [-0.1, -0.05) is 25.4 Å². The highest BCUT2D eigenvalue weighted by molar-refractivity contribution is 9.10. The first-order valence-electron chi connectivity index (χ1n) is 5.98. The van der Waals surface area contributed by atoms with Crippen molar-refractivity contribution in [1.82, 2.24) is 4.31 Å². The van der Waals surface area contributed by atoms with Crippen LogP contribution in [-0.2, 0) is 10.0 Å². The maximum atomic E-state index is 12.5. The number of halogens is 2. The van der Waals surface area contributed by atoms with E-state index in [0.717, 1.165) is 6.07 Å². The predicted octanol–water partition coefficient (Wildman–Crippen LogP) is 3.22. The summed E-state index contributed by atoms with van der Waals surface area (Å²) in [7, 11) is -3.73. The highest BCUT2D eigenvalue weighted by atomic mass is 79.9. The van der Waals surface area contributed by atoms with Crippen molar-refractivity contribution >= 4 is 43.5 Å². The average Bonchev–Trinajstić information content (AvgIpc) is 2.38. The lowest BCUT2D eigenvalue weighted by Gasteiger charge is -2.20. The first-order chi connectivity index (χ1) is 9.25. The zero-order valence-corrected chi connectivity index (χ0v) is 14.2. The monoisotopic (exact) mass is 383 g/mol. The minimum absolute atomic E-state index is 0.0185. The Morgan fingerprint density at radius 2 is 2.00 bits per heavy atom. The molecule has 1 N–H and O–H groups in total. The van der Waals surface area contributed by atoms with E-state index in [1.165, 1.54) is 10.4 Å². The number of carboxylic acids is 1. The molecule has 0 atom stereocenters. The zero-order valence-electron chi connectivity index (χ0n) is 11.1. The van der Waals surface area contributed by atoms with Gasteiger partial charge in [-0.05, 0) is 34.5 Å². The Morgan fingerprint density at radius 3 is 2.45 bits per heavy atom. The number of benzene rings is 1. The number of carboxylic acid groups (broad SMARTS) is 1. The lowest BCUT2D eigenvalue weighted by molar-refractivity contribution is 0.0696. The average molecular weight is 385 g/mol. The molecule has 1 aromatic rings. The van der Waals surface area contributed by atoms with Gasteiger partial charge in [0.2, 0.25) is 10.0 Å². The van der Waals surface area contributed by atoms with E-state index in [1.807, 2.05) is 6.92 Å². The second-order valence-electron chi connectivity index (χ2n) is 4.07. The molecule has 0 aromatic heterocycles. The summed E-state index contributed by atoms with van der Waals surface area (Å²) in [6.07, 6.45) is 0.674. The van der Waals surface area contributed by atoms with Crippen LogP contribution in [-0.4, -0.2) is 36.9 Å². The number of aromatic carboxylic acids is 1. The van der Waals surface area contributed by atoms with Crippen LogP contribution in [0.25, 0.3) is 0 Å². The van der Waals surface area contributed by atoms with Gasteiger partial charge in [0.15, 0.2) is 0 Å². The Labute approximate surface area is 131 Å². The molecule has 0 saturated carbocycles. The Morgan fingerprint density at radius 1 is 1.40 bits per heavy atom. The first kappa shape index (κ1) is 17.4. The number of nitrogens with zero attached hydrogens (tertiary/aromatic N) is 1. The summed E-state index contributed by atoms with van der Waals surface area (Å²) in [4.78, 5) is 11.0. The fourth-order valence-electron chi connectivity index (χ4n) is 1.72. The molecule has 0 heterocycles. The van der Waals surface area contributed by atoms with Gasteiger partial charge in [-0.25, -0.2) is 13.2 Å². The van der Waals surface area contributed by atoms with Crippen LogP contribution in [0.15, 0.2) is 21.5 Å². The van der Waals surface area contributed by atoms with Crippen molar-refractivity contribution in [2.24, 2.45) is 0 Å². The first-order valence-corrected chi connectivity index (χ1v) is 8.59. The van der Waals surface area contributed by atoms with Crippen LogP contribution in [0.1, 0.15) is 30.6 Å². The molecule has 0 bridgehead atoms. The van der Waals surface area contributed by atoms with Crippen LogP contribution in [0, 0.1) is 0 Å². The van der Waals surface area contributed by atoms with Crippen LogP contribution >= 0.6 is 27.5 Å². The van der Waals surface area contributed by atoms with Gasteiger partial charge in [-0.2, -0.15) is 4.31 Å². The van der Waals surface area contributed by atoms with Crippen molar-refractivity contribution in [2.45, 2.75) is 25.2 Å². The fraction of sp³-hybridized carbons (Fsp3) is 0.417. The molecule has 1 rings (SSSR count). The number of hydrogen-bond donors (Lipinski definition) is 1. The third-order valence-electron chi connectivity index (χ3n) is 2.70. The van der Waals surface area contributed by atoms with E-state index >= 15 is 0 Å². The summed E-state index contributed by atoms with van der Waals surface area (Å²) < 4.78 is 26.5. The Bertz CT molecular complexity index is 618. The summed E-state index contributed by atoms with van der Waals surface area (Å²) in [5, 5.41) is 9.05. The summed E-state index contributed by atoms with van der Waals surface area (Å²) in [6.45, 7) is 4.30. The molecule has 5 nitrogen and oxygen atoms in total. The molecule has 0 radical (unpaired) electrons. The Balaban J connectivity index is 3.43. The van der Waals surface area contributed by atoms with Crippen LogP contribution in [0.4, 0.5) is 0 Å². The van der Waals surface area contributed by atoms with E-state index in [9.17, 15) is 13.2 Å². The summed E-state index contributed by atoms with van der Waals surface area (Å²) in [5.41, 5.74) is -0.243. The zero-order chi connectivity index (χ0) is 15.5. The van der Waals surface area contributed by atoms with Crippen molar-refractivity contribution < 1.29 is 18.3 Å². The number of sulfonamides is 1. The fourth-order valence-corrected chi connectivity index (χ4v) is 4.11. The van der Waals surface area contributed by atoms with Crippen molar-refractivity contribution in [3.63, 3.8) is 0 Å². The summed E-state index contributed by atoms with van der Waals surface area (Å²) >= 11 is 8.94. The summed E-state index contributed by atoms with van der Waals surface area (Å²) in [6, 6.07) is 2.41. The maximum absolute atomic E-state index is 12.5. The number of rotatable bonds is 6. The molecule has 0 aliphatic rings. The van der Waals surface area contributed by atoms with Gasteiger partial charge < -0.3 is 5.11 Å². The van der Waals surface area contributed by atoms with Gasteiger partial charge in [-0.3, -0.25) is 0 Å². The molecule has 0 spiro atoms. The van der Waals surface area contributed by atoms with Crippen molar-refractivity contribution in [3.8, 4) is 0 Å². The molecular weight excluding hydrogens is 370 g/mol. The van der Waals surface area contributed by atoms with Crippen molar-refractivity contribution in [1.29, 1.82) is 0 Å². The van der Waals surface area contributed by atoms with E-state index in [4.69, 9.17) is 16.7 Å². The lowest BCUT2D eigenvalue weighted by atomic mass is 10.2. The molecular formula is C12H15BrClNO4S. The second kappa shape index (κ2) is 6.89. The van der Waals surface area contributed by atoms with Gasteiger partial charge in [0, 0.05) is 17.6 Å². The Hall–Kier alpha value is -0.630. The van der Waals surface area contributed by atoms with Crippen LogP contribution in [0.3, 0.4) is 0 Å². The standard InChI is InChI=1S/C12H15BrClNO4S/c1-3-5-15(4-2)20(18,19)8-6-9(12(16)17)11(14)10(13)7-8/h6-7H,3-5H2,1-2H3,(H,16,17). The second-order valence-corrected chi connectivity index (χ2v) is 7.24. The van der Waals surface area contributed by atoms with E-state index in [-0.39, 0.29) is 20.0 Å². The normalized spacial score (nSPS) is 11.8. The highest BCUT2D eigenvalue weighted by Crippen LogP contribution is 2.31. The third kappa shape index (κ3) is 3.52. The van der Waals surface area contributed by atoms with Crippen LogP contribution in [0.2, 0.25) is 5.02 Å². The molecule has 0 aliphatic carbocycles. The SMILES string of the molecule is CCCN(CC)S(=O)(=O)c1cc(Br)c(Cl)c(C(=O)O)c1. The summed E-state index contributed by atoms with van der Waals surface area (Å²) in [5.74, 6) is -1.27. The third-order valence-corrected chi connectivity index (χ3v) is 5.91. The predicted molar refractivity (Wildman–Crippen MR) is 80.8 cm³/mol. The van der Waals surface area contributed by atoms with E-state index in [1.54, 1.807) is 6.92 Å². The highest BCUT2D eigenvalue weighted by Gasteiger charge is 2.25. The maximum Gasteiger partial charge on any atom is 0.337 e. The van der Waals surface area contributed by atoms with Crippen LogP contribution in [0.5, 0.6) is 0 Å². The van der Waals surface area contributed by atoms with Gasteiger partial charge in [0.25, 0.3) is 0 Å². The van der Waals surface area contributed by atoms with Gasteiger partial charge in [-0.15, -0.1) is 0 Å². The largest absolute Gasteiger partial charge is 0.478 e. The Kier molecular flexibility index (Phi) is 6.00.